The summed E-state index contributed by atoms with van der Waals surface area (Å²) in [5.74, 6) is 9.94. The highest BCUT2D eigenvalue weighted by atomic mass is 28.3. The molecule has 0 aliphatic heterocycles. The van der Waals surface area contributed by atoms with Crippen LogP contribution in [-0.4, -0.2) is 8.07 Å². The fourth-order valence-electron chi connectivity index (χ4n) is 3.51. The molecule has 0 heterocycles. The first-order valence-electron chi connectivity index (χ1n) is 12.7. The zero-order chi connectivity index (χ0) is 22.6. The third kappa shape index (κ3) is 17.6. The number of unbranched alkanes of at least 4 members (excludes halogenated alkanes) is 14. The molecule has 0 amide bonds. The summed E-state index contributed by atoms with van der Waals surface area (Å²) < 4.78 is 0. The first-order chi connectivity index (χ1) is 15.0. The van der Waals surface area contributed by atoms with Crippen LogP contribution >= 0.6 is 0 Å². The van der Waals surface area contributed by atoms with Crippen LogP contribution in [-0.2, 0) is 0 Å². The molecule has 0 bridgehead atoms. The van der Waals surface area contributed by atoms with Crippen molar-refractivity contribution in [3.05, 3.63) is 48.0 Å². The molecule has 31 heavy (non-hydrogen) atoms. The first-order valence-corrected chi connectivity index (χ1v) is 16.2. The molecule has 1 rings (SSSR count). The van der Waals surface area contributed by atoms with Gasteiger partial charge in [-0.1, -0.05) is 114 Å². The molecule has 0 N–H and O–H groups in total. The lowest BCUT2D eigenvalue weighted by molar-refractivity contribution is 0.538. The lowest BCUT2D eigenvalue weighted by Gasteiger charge is -2.03. The standard InChI is InChI=1S/C30H46Si/c1-5-6-7-8-9-10-11-12-13-14-15-16-17-18-19-20-21-22-29-23-25-30(26-24-29)27-28-31(2,3)4/h5,23-26H,1,6-20H2,2-4H3. The molecule has 1 aromatic carbocycles. The molecule has 0 saturated heterocycles. The SMILES string of the molecule is C=CCCCCCCCCCCCCCCCC#Cc1ccc(C#C[Si](C)(C)C)cc1. The van der Waals surface area contributed by atoms with E-state index in [1.54, 1.807) is 0 Å². The van der Waals surface area contributed by atoms with Gasteiger partial charge >= 0.3 is 0 Å². The normalized spacial score (nSPS) is 10.7. The molecule has 170 valence electrons. The average Bonchev–Trinajstić information content (AvgIpc) is 2.75. The maximum atomic E-state index is 3.78. The monoisotopic (exact) mass is 434 g/mol. The molecular weight excluding hydrogens is 388 g/mol. The van der Waals surface area contributed by atoms with Crippen molar-refractivity contribution in [1.82, 2.24) is 0 Å². The zero-order valence-electron chi connectivity index (χ0n) is 20.7. The zero-order valence-corrected chi connectivity index (χ0v) is 21.7. The maximum Gasteiger partial charge on any atom is 0.129 e. The second kappa shape index (κ2) is 17.9. The predicted molar refractivity (Wildman–Crippen MR) is 143 cm³/mol. The molecule has 0 unspecified atom stereocenters. The predicted octanol–water partition coefficient (Wildman–Crippen LogP) is 9.30. The lowest BCUT2D eigenvalue weighted by atomic mass is 10.0. The van der Waals surface area contributed by atoms with Crippen molar-refractivity contribution in [2.45, 2.75) is 116 Å². The molecule has 0 atom stereocenters. The highest BCUT2D eigenvalue weighted by Gasteiger charge is 2.07. The van der Waals surface area contributed by atoms with E-state index in [9.17, 15) is 0 Å². The topological polar surface area (TPSA) is 0 Å². The van der Waals surface area contributed by atoms with E-state index >= 15 is 0 Å². The van der Waals surface area contributed by atoms with E-state index in [0.29, 0.717) is 0 Å². The molecule has 1 aromatic rings. The second-order valence-corrected chi connectivity index (χ2v) is 14.6. The third-order valence-electron chi connectivity index (χ3n) is 5.41. The highest BCUT2D eigenvalue weighted by molar-refractivity contribution is 6.83. The van der Waals surface area contributed by atoms with Gasteiger partial charge in [0.05, 0.1) is 0 Å². The lowest BCUT2D eigenvalue weighted by Crippen LogP contribution is -2.16. The largest absolute Gasteiger partial charge is 0.129 e. The Balaban J connectivity index is 1.96. The Labute approximate surface area is 195 Å². The van der Waals surface area contributed by atoms with Gasteiger partial charge in [-0.3, -0.25) is 0 Å². The molecule has 0 saturated carbocycles. The summed E-state index contributed by atoms with van der Waals surface area (Å²) in [6.45, 7) is 10.6. The summed E-state index contributed by atoms with van der Waals surface area (Å²) in [7, 11) is -1.30. The first kappa shape index (κ1) is 27.3. The second-order valence-electron chi connectivity index (χ2n) is 9.80. The molecule has 0 aromatic heterocycles. The van der Waals surface area contributed by atoms with Gasteiger partial charge in [-0.25, -0.2) is 0 Å². The quantitative estimate of drug-likeness (QED) is 0.112. The number of hydrogen-bond acceptors (Lipinski definition) is 0. The summed E-state index contributed by atoms with van der Waals surface area (Å²) >= 11 is 0. The molecule has 0 fully saturated rings. The van der Waals surface area contributed by atoms with Gasteiger partial charge in [0.15, 0.2) is 0 Å². The fraction of sp³-hybridized carbons (Fsp3) is 0.600. The number of allylic oxidation sites excluding steroid dienone is 1. The molecular formula is C30H46Si. The maximum absolute atomic E-state index is 3.78. The van der Waals surface area contributed by atoms with E-state index in [4.69, 9.17) is 0 Å². The van der Waals surface area contributed by atoms with Crippen molar-refractivity contribution in [2.24, 2.45) is 0 Å². The molecule has 0 nitrogen and oxygen atoms in total. The van der Waals surface area contributed by atoms with Crippen LogP contribution in [0, 0.1) is 23.3 Å². The summed E-state index contributed by atoms with van der Waals surface area (Å²) in [4.78, 5) is 0. The fourth-order valence-corrected chi connectivity index (χ4v) is 4.03. The van der Waals surface area contributed by atoms with Crippen LogP contribution in [0.1, 0.15) is 107 Å². The van der Waals surface area contributed by atoms with Crippen molar-refractivity contribution in [3.63, 3.8) is 0 Å². The van der Waals surface area contributed by atoms with Crippen molar-refractivity contribution < 1.29 is 0 Å². The Morgan fingerprint density at radius 2 is 1.06 bits per heavy atom. The van der Waals surface area contributed by atoms with Gasteiger partial charge in [-0.05, 0) is 43.5 Å². The molecule has 0 radical (unpaired) electrons. The molecule has 0 aliphatic rings. The smallest absolute Gasteiger partial charge is 0.127 e. The van der Waals surface area contributed by atoms with Crippen LogP contribution in [0.5, 0.6) is 0 Å². The van der Waals surface area contributed by atoms with Gasteiger partial charge in [0, 0.05) is 17.5 Å². The average molecular weight is 435 g/mol. The van der Waals surface area contributed by atoms with Crippen molar-refractivity contribution in [1.29, 1.82) is 0 Å². The van der Waals surface area contributed by atoms with Crippen LogP contribution in [0.2, 0.25) is 19.6 Å². The Hall–Kier alpha value is -1.70. The number of hydrogen-bond donors (Lipinski definition) is 0. The van der Waals surface area contributed by atoms with Gasteiger partial charge in [-0.2, -0.15) is 0 Å². The number of rotatable bonds is 15. The van der Waals surface area contributed by atoms with Crippen molar-refractivity contribution >= 4 is 8.07 Å². The summed E-state index contributed by atoms with van der Waals surface area (Å²) in [6, 6.07) is 8.40. The van der Waals surface area contributed by atoms with E-state index in [2.05, 4.69) is 73.8 Å². The Kier molecular flexibility index (Phi) is 15.8. The van der Waals surface area contributed by atoms with Crippen LogP contribution in [0.15, 0.2) is 36.9 Å². The summed E-state index contributed by atoms with van der Waals surface area (Å²) in [5, 5.41) is 0. The van der Waals surface area contributed by atoms with E-state index in [-0.39, 0.29) is 0 Å². The highest BCUT2D eigenvalue weighted by Crippen LogP contribution is 2.13. The molecule has 0 spiro atoms. The van der Waals surface area contributed by atoms with E-state index in [1.165, 1.54) is 89.9 Å². The third-order valence-corrected chi connectivity index (χ3v) is 6.28. The van der Waals surface area contributed by atoms with Gasteiger partial charge in [-0.15, -0.1) is 12.1 Å². The van der Waals surface area contributed by atoms with Crippen molar-refractivity contribution in [3.8, 4) is 23.3 Å². The minimum absolute atomic E-state index is 1.02. The van der Waals surface area contributed by atoms with Crippen LogP contribution in [0.3, 0.4) is 0 Å². The van der Waals surface area contributed by atoms with E-state index in [1.807, 2.05) is 6.08 Å². The molecule has 0 aliphatic carbocycles. The Morgan fingerprint density at radius 3 is 1.52 bits per heavy atom. The Bertz CT molecular complexity index is 697. The minimum Gasteiger partial charge on any atom is -0.127 e. The van der Waals surface area contributed by atoms with Gasteiger partial charge in [0.2, 0.25) is 0 Å². The van der Waals surface area contributed by atoms with Crippen LogP contribution in [0.25, 0.3) is 0 Å². The van der Waals surface area contributed by atoms with E-state index in [0.717, 1.165) is 17.5 Å². The van der Waals surface area contributed by atoms with Gasteiger partial charge < -0.3 is 0 Å². The van der Waals surface area contributed by atoms with E-state index < -0.39 is 8.07 Å². The Morgan fingerprint density at radius 1 is 0.645 bits per heavy atom. The van der Waals surface area contributed by atoms with Gasteiger partial charge in [0.1, 0.15) is 8.07 Å². The van der Waals surface area contributed by atoms with Crippen LogP contribution in [0.4, 0.5) is 0 Å². The minimum atomic E-state index is -1.30. The summed E-state index contributed by atoms with van der Waals surface area (Å²) in [6.07, 6.45) is 22.3. The van der Waals surface area contributed by atoms with Gasteiger partial charge in [0.25, 0.3) is 0 Å². The molecule has 1 heteroatoms. The summed E-state index contributed by atoms with van der Waals surface area (Å²) in [5.41, 5.74) is 5.62. The van der Waals surface area contributed by atoms with Crippen LogP contribution < -0.4 is 0 Å². The van der Waals surface area contributed by atoms with Crippen molar-refractivity contribution in [2.75, 3.05) is 0 Å². The number of benzene rings is 1.